The highest BCUT2D eigenvalue weighted by molar-refractivity contribution is 7.09. The predicted molar refractivity (Wildman–Crippen MR) is 82.5 cm³/mol. The van der Waals surface area contributed by atoms with Crippen molar-refractivity contribution < 1.29 is 0 Å². The molecular weight excluding hydrogens is 240 g/mol. The first kappa shape index (κ1) is 15.7. The molecule has 1 rings (SSSR count). The van der Waals surface area contributed by atoms with E-state index in [2.05, 4.69) is 55.5 Å². The van der Waals surface area contributed by atoms with Crippen LogP contribution in [0.15, 0.2) is 17.5 Å². The smallest absolute Gasteiger partial charge is 0.00579 e. The van der Waals surface area contributed by atoms with Crippen LogP contribution < -0.4 is 5.32 Å². The highest BCUT2D eigenvalue weighted by Crippen LogP contribution is 2.21. The van der Waals surface area contributed by atoms with E-state index >= 15 is 0 Å². The van der Waals surface area contributed by atoms with Gasteiger partial charge in [0.05, 0.1) is 0 Å². The van der Waals surface area contributed by atoms with Crippen LogP contribution in [-0.2, 0) is 6.42 Å². The summed E-state index contributed by atoms with van der Waals surface area (Å²) in [5.74, 6) is 0. The van der Waals surface area contributed by atoms with Gasteiger partial charge in [0, 0.05) is 24.5 Å². The molecule has 0 aliphatic heterocycles. The zero-order valence-corrected chi connectivity index (χ0v) is 13.1. The van der Waals surface area contributed by atoms with Crippen LogP contribution in [0.1, 0.15) is 32.1 Å². The molecule has 0 spiro atoms. The van der Waals surface area contributed by atoms with E-state index in [0.717, 1.165) is 19.6 Å². The van der Waals surface area contributed by atoms with E-state index in [4.69, 9.17) is 0 Å². The zero-order valence-electron chi connectivity index (χ0n) is 12.3. The van der Waals surface area contributed by atoms with Crippen LogP contribution in [0.4, 0.5) is 0 Å². The van der Waals surface area contributed by atoms with Gasteiger partial charge < -0.3 is 10.2 Å². The van der Waals surface area contributed by atoms with E-state index in [1.165, 1.54) is 24.3 Å². The molecule has 0 saturated carbocycles. The topological polar surface area (TPSA) is 15.3 Å². The molecule has 0 saturated heterocycles. The lowest BCUT2D eigenvalue weighted by molar-refractivity contribution is 0.182. The van der Waals surface area contributed by atoms with Crippen LogP contribution in [-0.4, -0.2) is 38.1 Å². The molecule has 1 aromatic rings. The van der Waals surface area contributed by atoms with Crippen molar-refractivity contribution in [1.82, 2.24) is 10.2 Å². The summed E-state index contributed by atoms with van der Waals surface area (Å²) in [6.45, 7) is 11.4. The fourth-order valence-electron chi connectivity index (χ4n) is 2.21. The Balaban J connectivity index is 2.34. The SMILES string of the molecule is CCNCC(C)(CC)CN(C)CCc1cccs1. The Morgan fingerprint density at radius 2 is 2.17 bits per heavy atom. The number of hydrogen-bond acceptors (Lipinski definition) is 3. The van der Waals surface area contributed by atoms with Gasteiger partial charge in [-0.05, 0) is 43.3 Å². The number of nitrogens with zero attached hydrogens (tertiary/aromatic N) is 1. The molecule has 0 radical (unpaired) electrons. The quantitative estimate of drug-likeness (QED) is 0.739. The maximum absolute atomic E-state index is 3.49. The second-order valence-electron chi connectivity index (χ2n) is 5.51. The Bertz CT molecular complexity index is 310. The summed E-state index contributed by atoms with van der Waals surface area (Å²) in [6.07, 6.45) is 2.40. The third-order valence-corrected chi connectivity index (χ3v) is 4.56. The molecule has 0 aliphatic rings. The highest BCUT2D eigenvalue weighted by atomic mass is 32.1. The van der Waals surface area contributed by atoms with Crippen molar-refractivity contribution in [2.24, 2.45) is 5.41 Å². The Hall–Kier alpha value is -0.380. The minimum atomic E-state index is 0.389. The fourth-order valence-corrected chi connectivity index (χ4v) is 2.90. The monoisotopic (exact) mass is 268 g/mol. The second kappa shape index (κ2) is 7.93. The van der Waals surface area contributed by atoms with Crippen LogP contribution in [0.2, 0.25) is 0 Å². The first-order valence-electron chi connectivity index (χ1n) is 7.01. The molecular formula is C15H28N2S. The van der Waals surface area contributed by atoms with Crippen molar-refractivity contribution in [1.29, 1.82) is 0 Å². The van der Waals surface area contributed by atoms with Crippen molar-refractivity contribution >= 4 is 11.3 Å². The first-order valence-corrected chi connectivity index (χ1v) is 7.89. The Morgan fingerprint density at radius 1 is 1.39 bits per heavy atom. The molecule has 3 heteroatoms. The third kappa shape index (κ3) is 5.51. The molecule has 0 fully saturated rings. The van der Waals surface area contributed by atoms with E-state index in [0.29, 0.717) is 5.41 Å². The average Bonchev–Trinajstić information content (AvgIpc) is 2.87. The Morgan fingerprint density at radius 3 is 2.72 bits per heavy atom. The lowest BCUT2D eigenvalue weighted by atomic mass is 9.87. The van der Waals surface area contributed by atoms with Gasteiger partial charge in [-0.2, -0.15) is 0 Å². The van der Waals surface area contributed by atoms with Crippen LogP contribution in [0.3, 0.4) is 0 Å². The second-order valence-corrected chi connectivity index (χ2v) is 6.54. The molecule has 1 aromatic heterocycles. The minimum absolute atomic E-state index is 0.389. The normalized spacial score (nSPS) is 14.9. The molecule has 0 aliphatic carbocycles. The summed E-state index contributed by atoms with van der Waals surface area (Å²) >= 11 is 1.86. The van der Waals surface area contributed by atoms with Gasteiger partial charge in [-0.25, -0.2) is 0 Å². The zero-order chi connectivity index (χ0) is 13.4. The summed E-state index contributed by atoms with van der Waals surface area (Å²) in [4.78, 5) is 3.97. The van der Waals surface area contributed by atoms with Gasteiger partial charge in [0.15, 0.2) is 0 Å². The van der Waals surface area contributed by atoms with E-state index in [1.54, 1.807) is 0 Å². The van der Waals surface area contributed by atoms with E-state index in [9.17, 15) is 0 Å². The van der Waals surface area contributed by atoms with E-state index in [-0.39, 0.29) is 0 Å². The van der Waals surface area contributed by atoms with Gasteiger partial charge in [0.1, 0.15) is 0 Å². The van der Waals surface area contributed by atoms with Crippen molar-refractivity contribution in [3.8, 4) is 0 Å². The van der Waals surface area contributed by atoms with Crippen LogP contribution in [0, 0.1) is 5.41 Å². The molecule has 1 heterocycles. The number of thiophene rings is 1. The molecule has 0 amide bonds. The van der Waals surface area contributed by atoms with Gasteiger partial charge in [0.2, 0.25) is 0 Å². The molecule has 1 atom stereocenters. The average molecular weight is 268 g/mol. The largest absolute Gasteiger partial charge is 0.316 e. The van der Waals surface area contributed by atoms with Crippen molar-refractivity contribution in [2.45, 2.75) is 33.6 Å². The van der Waals surface area contributed by atoms with Crippen molar-refractivity contribution in [2.75, 3.05) is 33.2 Å². The summed E-state index contributed by atoms with van der Waals surface area (Å²) in [7, 11) is 2.24. The molecule has 104 valence electrons. The number of hydrogen-bond donors (Lipinski definition) is 1. The van der Waals surface area contributed by atoms with Crippen molar-refractivity contribution in [3.63, 3.8) is 0 Å². The van der Waals surface area contributed by atoms with Gasteiger partial charge in [-0.15, -0.1) is 11.3 Å². The molecule has 2 nitrogen and oxygen atoms in total. The summed E-state index contributed by atoms with van der Waals surface area (Å²) in [6, 6.07) is 4.37. The van der Waals surface area contributed by atoms with Crippen LogP contribution in [0.25, 0.3) is 0 Å². The standard InChI is InChI=1S/C15H28N2S/c1-5-15(3,12-16-6-2)13-17(4)10-9-14-8-7-11-18-14/h7-8,11,16H,5-6,9-10,12-13H2,1-4H3. The summed E-state index contributed by atoms with van der Waals surface area (Å²) in [5.41, 5.74) is 0.389. The number of nitrogens with one attached hydrogen (secondary N) is 1. The Kier molecular flexibility index (Phi) is 6.90. The maximum Gasteiger partial charge on any atom is 0.00579 e. The Labute approximate surface area is 116 Å². The number of likely N-dealkylation sites (N-methyl/N-ethyl adjacent to an activating group) is 1. The van der Waals surface area contributed by atoms with Gasteiger partial charge in [-0.3, -0.25) is 0 Å². The van der Waals surface area contributed by atoms with Crippen molar-refractivity contribution in [3.05, 3.63) is 22.4 Å². The van der Waals surface area contributed by atoms with Gasteiger partial charge in [-0.1, -0.05) is 26.8 Å². The molecule has 0 aromatic carbocycles. The van der Waals surface area contributed by atoms with Crippen LogP contribution >= 0.6 is 11.3 Å². The molecule has 1 N–H and O–H groups in total. The molecule has 0 bridgehead atoms. The first-order chi connectivity index (χ1) is 8.59. The van der Waals surface area contributed by atoms with E-state index < -0.39 is 0 Å². The maximum atomic E-state index is 3.49. The third-order valence-electron chi connectivity index (χ3n) is 3.63. The highest BCUT2D eigenvalue weighted by Gasteiger charge is 2.23. The van der Waals surface area contributed by atoms with E-state index in [1.807, 2.05) is 11.3 Å². The lowest BCUT2D eigenvalue weighted by Gasteiger charge is -2.33. The molecule has 18 heavy (non-hydrogen) atoms. The minimum Gasteiger partial charge on any atom is -0.316 e. The fraction of sp³-hybridized carbons (Fsp3) is 0.733. The van der Waals surface area contributed by atoms with Gasteiger partial charge >= 0.3 is 0 Å². The predicted octanol–water partition coefficient (Wildman–Crippen LogP) is 3.25. The molecule has 1 unspecified atom stereocenters. The summed E-state index contributed by atoms with van der Waals surface area (Å²) in [5, 5.41) is 5.65. The number of rotatable bonds is 9. The summed E-state index contributed by atoms with van der Waals surface area (Å²) < 4.78 is 0. The van der Waals surface area contributed by atoms with Gasteiger partial charge in [0.25, 0.3) is 0 Å². The lowest BCUT2D eigenvalue weighted by Crippen LogP contribution is -2.41. The van der Waals surface area contributed by atoms with Crippen LogP contribution in [0.5, 0.6) is 0 Å².